The lowest BCUT2D eigenvalue weighted by atomic mass is 10.1. The van der Waals surface area contributed by atoms with E-state index in [-0.39, 0.29) is 11.9 Å². The minimum Gasteiger partial charge on any atom is -0.338 e. The molecule has 0 fully saturated rings. The molecule has 0 aliphatic rings. The van der Waals surface area contributed by atoms with Gasteiger partial charge >= 0.3 is 0 Å². The van der Waals surface area contributed by atoms with E-state index < -0.39 is 0 Å². The molecule has 0 aliphatic heterocycles. The maximum Gasteiger partial charge on any atom is 0.129 e. The Morgan fingerprint density at radius 1 is 1.47 bits per heavy atom. The van der Waals surface area contributed by atoms with Crippen LogP contribution in [0, 0.1) is 5.82 Å². The Hall–Kier alpha value is -1.20. The highest BCUT2D eigenvalue weighted by molar-refractivity contribution is 9.10. The Kier molecular flexibility index (Phi) is 4.71. The van der Waals surface area contributed by atoms with Crippen LogP contribution in [0.5, 0.6) is 0 Å². The molecule has 0 bridgehead atoms. The Labute approximate surface area is 121 Å². The Balaban J connectivity index is 1.91. The van der Waals surface area contributed by atoms with Crippen molar-refractivity contribution in [3.8, 4) is 0 Å². The van der Waals surface area contributed by atoms with E-state index in [0.717, 1.165) is 23.1 Å². The van der Waals surface area contributed by atoms with Crippen LogP contribution in [0.25, 0.3) is 0 Å². The van der Waals surface area contributed by atoms with E-state index in [9.17, 15) is 4.39 Å². The van der Waals surface area contributed by atoms with Crippen LogP contribution >= 0.6 is 15.9 Å². The van der Waals surface area contributed by atoms with Gasteiger partial charge < -0.3 is 9.88 Å². The molecule has 1 aromatic carbocycles. The molecule has 3 nitrogen and oxygen atoms in total. The second-order valence-corrected chi connectivity index (χ2v) is 5.50. The Morgan fingerprint density at radius 3 is 2.89 bits per heavy atom. The minimum absolute atomic E-state index is 0.0127. The number of imidazole rings is 1. The quantitative estimate of drug-likeness (QED) is 0.914. The van der Waals surface area contributed by atoms with E-state index in [1.54, 1.807) is 12.4 Å². The molecule has 0 spiro atoms. The minimum atomic E-state index is -0.185. The van der Waals surface area contributed by atoms with Gasteiger partial charge in [-0.2, -0.15) is 0 Å². The summed E-state index contributed by atoms with van der Waals surface area (Å²) in [5.41, 5.74) is 1.85. The summed E-state index contributed by atoms with van der Waals surface area (Å²) in [7, 11) is 1.97. The predicted octanol–water partition coefficient (Wildman–Crippen LogP) is 3.22. The fraction of sp³-hybridized carbons (Fsp3) is 0.357. The molecule has 19 heavy (non-hydrogen) atoms. The first kappa shape index (κ1) is 14.2. The highest BCUT2D eigenvalue weighted by Gasteiger charge is 2.10. The lowest BCUT2D eigenvalue weighted by Gasteiger charge is -2.15. The summed E-state index contributed by atoms with van der Waals surface area (Å²) < 4.78 is 16.5. The van der Waals surface area contributed by atoms with E-state index in [1.807, 2.05) is 30.8 Å². The maximum absolute atomic E-state index is 13.8. The SMILES string of the molecule is C[C@H](NCCc1cncn1C)c1ccc(Br)cc1F. The Morgan fingerprint density at radius 2 is 2.26 bits per heavy atom. The van der Waals surface area contributed by atoms with Crippen molar-refractivity contribution >= 4 is 15.9 Å². The number of rotatable bonds is 5. The first-order valence-corrected chi connectivity index (χ1v) is 7.00. The number of hydrogen-bond acceptors (Lipinski definition) is 2. The number of aryl methyl sites for hydroxylation is 1. The third-order valence-corrected chi connectivity index (χ3v) is 3.67. The zero-order valence-corrected chi connectivity index (χ0v) is 12.6. The normalized spacial score (nSPS) is 12.6. The van der Waals surface area contributed by atoms with Gasteiger partial charge in [0.05, 0.1) is 6.33 Å². The van der Waals surface area contributed by atoms with Gasteiger partial charge in [0, 0.05) is 48.0 Å². The van der Waals surface area contributed by atoms with E-state index >= 15 is 0 Å². The number of nitrogens with zero attached hydrogens (tertiary/aromatic N) is 2. The van der Waals surface area contributed by atoms with Gasteiger partial charge in [-0.05, 0) is 19.1 Å². The molecule has 102 valence electrons. The van der Waals surface area contributed by atoms with Crippen molar-refractivity contribution < 1.29 is 4.39 Å². The number of halogens is 2. The molecule has 0 amide bonds. The third kappa shape index (κ3) is 3.64. The van der Waals surface area contributed by atoms with Crippen molar-refractivity contribution in [2.45, 2.75) is 19.4 Å². The van der Waals surface area contributed by atoms with Gasteiger partial charge in [-0.1, -0.05) is 22.0 Å². The van der Waals surface area contributed by atoms with E-state index in [1.165, 1.54) is 6.07 Å². The van der Waals surface area contributed by atoms with Crippen molar-refractivity contribution in [2.24, 2.45) is 7.05 Å². The zero-order valence-electron chi connectivity index (χ0n) is 11.0. The number of benzene rings is 1. The number of nitrogens with one attached hydrogen (secondary N) is 1. The van der Waals surface area contributed by atoms with Gasteiger partial charge in [-0.25, -0.2) is 9.37 Å². The van der Waals surface area contributed by atoms with Gasteiger partial charge in [0.25, 0.3) is 0 Å². The summed E-state index contributed by atoms with van der Waals surface area (Å²) in [5, 5.41) is 3.33. The van der Waals surface area contributed by atoms with Crippen molar-refractivity contribution in [3.05, 3.63) is 52.3 Å². The van der Waals surface area contributed by atoms with Crippen LogP contribution in [0.3, 0.4) is 0 Å². The molecule has 2 rings (SSSR count). The van der Waals surface area contributed by atoms with E-state index in [2.05, 4.69) is 26.2 Å². The summed E-state index contributed by atoms with van der Waals surface area (Å²) in [6.45, 7) is 2.76. The average Bonchev–Trinajstić information content (AvgIpc) is 2.75. The molecular weight excluding hydrogens is 309 g/mol. The maximum atomic E-state index is 13.8. The lowest BCUT2D eigenvalue weighted by Crippen LogP contribution is -2.22. The molecule has 0 radical (unpaired) electrons. The van der Waals surface area contributed by atoms with Crippen LogP contribution in [0.15, 0.2) is 35.2 Å². The van der Waals surface area contributed by atoms with Gasteiger partial charge in [0.15, 0.2) is 0 Å². The summed E-state index contributed by atoms with van der Waals surface area (Å²) in [5.74, 6) is -0.185. The van der Waals surface area contributed by atoms with Crippen molar-refractivity contribution in [3.63, 3.8) is 0 Å². The standard InChI is InChI=1S/C14H17BrFN3/c1-10(13-4-3-11(15)7-14(13)16)18-6-5-12-8-17-9-19(12)2/h3-4,7-10,18H,5-6H2,1-2H3/t10-/m0/s1. The summed E-state index contributed by atoms with van der Waals surface area (Å²) in [6.07, 6.45) is 4.51. The highest BCUT2D eigenvalue weighted by Crippen LogP contribution is 2.20. The first-order chi connectivity index (χ1) is 9.08. The molecule has 0 unspecified atom stereocenters. The third-order valence-electron chi connectivity index (χ3n) is 3.18. The Bertz CT molecular complexity index is 553. The fourth-order valence-corrected chi connectivity index (χ4v) is 2.34. The second-order valence-electron chi connectivity index (χ2n) is 4.59. The molecule has 0 aliphatic carbocycles. The van der Waals surface area contributed by atoms with Gasteiger partial charge in [-0.3, -0.25) is 0 Å². The highest BCUT2D eigenvalue weighted by atomic mass is 79.9. The lowest BCUT2D eigenvalue weighted by molar-refractivity contribution is 0.527. The zero-order chi connectivity index (χ0) is 13.8. The topological polar surface area (TPSA) is 29.9 Å². The van der Waals surface area contributed by atoms with E-state index in [0.29, 0.717) is 5.56 Å². The average molecular weight is 326 g/mol. The fourth-order valence-electron chi connectivity index (χ4n) is 2.00. The summed E-state index contributed by atoms with van der Waals surface area (Å²) in [4.78, 5) is 4.07. The smallest absolute Gasteiger partial charge is 0.129 e. The van der Waals surface area contributed by atoms with Crippen molar-refractivity contribution in [1.82, 2.24) is 14.9 Å². The van der Waals surface area contributed by atoms with Crippen LogP contribution in [0.1, 0.15) is 24.2 Å². The van der Waals surface area contributed by atoms with Gasteiger partial charge in [-0.15, -0.1) is 0 Å². The van der Waals surface area contributed by atoms with Crippen LogP contribution < -0.4 is 5.32 Å². The molecule has 1 atom stereocenters. The summed E-state index contributed by atoms with van der Waals surface area (Å²) in [6, 6.07) is 5.15. The summed E-state index contributed by atoms with van der Waals surface area (Å²) >= 11 is 3.26. The first-order valence-electron chi connectivity index (χ1n) is 6.21. The number of hydrogen-bond donors (Lipinski definition) is 1. The van der Waals surface area contributed by atoms with Crippen LogP contribution in [-0.2, 0) is 13.5 Å². The second kappa shape index (κ2) is 6.30. The molecular formula is C14H17BrFN3. The van der Waals surface area contributed by atoms with Crippen LogP contribution in [0.2, 0.25) is 0 Å². The van der Waals surface area contributed by atoms with Crippen molar-refractivity contribution in [1.29, 1.82) is 0 Å². The number of aromatic nitrogens is 2. The molecule has 2 aromatic rings. The molecule has 0 saturated heterocycles. The van der Waals surface area contributed by atoms with E-state index in [4.69, 9.17) is 0 Å². The van der Waals surface area contributed by atoms with Crippen molar-refractivity contribution in [2.75, 3.05) is 6.54 Å². The molecule has 5 heteroatoms. The van der Waals surface area contributed by atoms with Gasteiger partial charge in [0.1, 0.15) is 5.82 Å². The predicted molar refractivity (Wildman–Crippen MR) is 77.4 cm³/mol. The monoisotopic (exact) mass is 325 g/mol. The molecule has 1 heterocycles. The van der Waals surface area contributed by atoms with Gasteiger partial charge in [0.2, 0.25) is 0 Å². The van der Waals surface area contributed by atoms with Crippen LogP contribution in [-0.4, -0.2) is 16.1 Å². The molecule has 1 aromatic heterocycles. The molecule has 1 N–H and O–H groups in total. The largest absolute Gasteiger partial charge is 0.338 e. The molecule has 0 saturated carbocycles. The van der Waals surface area contributed by atoms with Crippen LogP contribution in [0.4, 0.5) is 4.39 Å².